The van der Waals surface area contributed by atoms with Gasteiger partial charge in [-0.1, -0.05) is 25.2 Å². The van der Waals surface area contributed by atoms with Crippen LogP contribution in [0.4, 0.5) is 0 Å². The third kappa shape index (κ3) is 0.840. The zero-order chi connectivity index (χ0) is 8.77. The fourth-order valence-electron chi connectivity index (χ4n) is 3.03. The molecule has 12 heavy (non-hydrogen) atoms. The summed E-state index contributed by atoms with van der Waals surface area (Å²) in [5.41, 5.74) is 2.01. The van der Waals surface area contributed by atoms with Gasteiger partial charge >= 0.3 is 0 Å². The van der Waals surface area contributed by atoms with E-state index in [0.29, 0.717) is 5.41 Å². The van der Waals surface area contributed by atoms with Crippen molar-refractivity contribution < 1.29 is 0 Å². The van der Waals surface area contributed by atoms with E-state index in [1.807, 2.05) is 0 Å². The van der Waals surface area contributed by atoms with E-state index in [0.717, 1.165) is 11.8 Å². The molecule has 2 aliphatic rings. The lowest BCUT2D eigenvalue weighted by Crippen LogP contribution is -2.22. The molecule has 2 aliphatic carbocycles. The molecule has 2 rings (SSSR count). The molecule has 3 atom stereocenters. The zero-order valence-corrected chi connectivity index (χ0v) is 7.97. The summed E-state index contributed by atoms with van der Waals surface area (Å²) in [6, 6.07) is 0. The van der Waals surface area contributed by atoms with Crippen LogP contribution >= 0.6 is 0 Å². The van der Waals surface area contributed by atoms with Crippen molar-refractivity contribution in [3.8, 4) is 0 Å². The minimum atomic E-state index is 0.500. The highest BCUT2D eigenvalue weighted by Gasteiger charge is 2.57. The molecule has 0 radical (unpaired) electrons. The van der Waals surface area contributed by atoms with E-state index < -0.39 is 0 Å². The van der Waals surface area contributed by atoms with Gasteiger partial charge < -0.3 is 0 Å². The molecule has 1 spiro atoms. The summed E-state index contributed by atoms with van der Waals surface area (Å²) in [6.45, 7) is 10.5. The van der Waals surface area contributed by atoms with Gasteiger partial charge in [0.1, 0.15) is 0 Å². The summed E-state index contributed by atoms with van der Waals surface area (Å²) in [5, 5.41) is 0. The van der Waals surface area contributed by atoms with Gasteiger partial charge in [-0.05, 0) is 37.5 Å². The molecule has 0 aromatic heterocycles. The van der Waals surface area contributed by atoms with Crippen molar-refractivity contribution in [2.75, 3.05) is 0 Å². The Kier molecular flexibility index (Phi) is 1.67. The Hall–Kier alpha value is -0.520. The van der Waals surface area contributed by atoms with E-state index in [1.54, 1.807) is 0 Å². The average Bonchev–Trinajstić information content (AvgIpc) is 2.77. The van der Waals surface area contributed by atoms with Crippen LogP contribution in [-0.2, 0) is 0 Å². The minimum absolute atomic E-state index is 0.500. The normalized spacial score (nSPS) is 46.2. The van der Waals surface area contributed by atoms with Crippen molar-refractivity contribution in [2.45, 2.75) is 32.6 Å². The first-order valence-corrected chi connectivity index (χ1v) is 5.02. The van der Waals surface area contributed by atoms with E-state index in [-0.39, 0.29) is 0 Å². The van der Waals surface area contributed by atoms with Gasteiger partial charge in [-0.2, -0.15) is 0 Å². The Morgan fingerprint density at radius 3 is 2.83 bits per heavy atom. The van der Waals surface area contributed by atoms with Gasteiger partial charge in [0.25, 0.3) is 0 Å². The molecule has 0 heteroatoms. The second kappa shape index (κ2) is 2.48. The van der Waals surface area contributed by atoms with Gasteiger partial charge in [0.05, 0.1) is 0 Å². The Labute approximate surface area is 75.4 Å². The van der Waals surface area contributed by atoms with Crippen molar-refractivity contribution in [3.63, 3.8) is 0 Å². The van der Waals surface area contributed by atoms with Crippen LogP contribution in [-0.4, -0.2) is 0 Å². The summed E-state index contributed by atoms with van der Waals surface area (Å²) in [6.07, 6.45) is 7.47. The Morgan fingerprint density at radius 2 is 2.33 bits per heavy atom. The minimum Gasteiger partial charge on any atom is -0.103 e. The highest BCUT2D eigenvalue weighted by molar-refractivity contribution is 5.29. The van der Waals surface area contributed by atoms with Crippen LogP contribution in [0.1, 0.15) is 32.6 Å². The number of rotatable bonds is 1. The van der Waals surface area contributed by atoms with E-state index in [1.165, 1.54) is 31.3 Å². The van der Waals surface area contributed by atoms with E-state index in [2.05, 4.69) is 26.2 Å². The molecule has 0 aliphatic heterocycles. The fourth-order valence-corrected chi connectivity index (χ4v) is 3.03. The monoisotopic (exact) mass is 162 g/mol. The molecule has 2 fully saturated rings. The summed E-state index contributed by atoms with van der Waals surface area (Å²) >= 11 is 0. The maximum Gasteiger partial charge on any atom is 0.000363 e. The lowest BCUT2D eigenvalue weighted by Gasteiger charge is -2.32. The standard InChI is InChI=1S/C12H18/c1-4-11-8-12(11)9(2)6-5-7-10(12)3/h4,10-11H,1-2,5-8H2,3H3. The molecule has 0 bridgehead atoms. The molecule has 0 aromatic carbocycles. The molecule has 0 aromatic rings. The average molecular weight is 162 g/mol. The summed E-state index contributed by atoms with van der Waals surface area (Å²) in [5.74, 6) is 1.60. The third-order valence-electron chi connectivity index (χ3n) is 4.00. The topological polar surface area (TPSA) is 0 Å². The molecule has 0 N–H and O–H groups in total. The Morgan fingerprint density at radius 1 is 1.58 bits per heavy atom. The predicted octanol–water partition coefficient (Wildman–Crippen LogP) is 3.55. The van der Waals surface area contributed by atoms with Gasteiger partial charge in [0.15, 0.2) is 0 Å². The first kappa shape index (κ1) is 8.10. The van der Waals surface area contributed by atoms with E-state index in [9.17, 15) is 0 Å². The molecular formula is C12H18. The lowest BCUT2D eigenvalue weighted by molar-refractivity contribution is 0.294. The zero-order valence-electron chi connectivity index (χ0n) is 7.97. The van der Waals surface area contributed by atoms with Gasteiger partial charge in [-0.15, -0.1) is 6.58 Å². The molecule has 0 saturated heterocycles. The van der Waals surface area contributed by atoms with Crippen molar-refractivity contribution >= 4 is 0 Å². The summed E-state index contributed by atoms with van der Waals surface area (Å²) in [7, 11) is 0. The fraction of sp³-hybridized carbons (Fsp3) is 0.667. The first-order chi connectivity index (χ1) is 5.71. The maximum absolute atomic E-state index is 4.23. The highest BCUT2D eigenvalue weighted by Crippen LogP contribution is 2.66. The predicted molar refractivity (Wildman–Crippen MR) is 52.9 cm³/mol. The lowest BCUT2D eigenvalue weighted by atomic mass is 9.73. The second-order valence-corrected chi connectivity index (χ2v) is 4.48. The Balaban J connectivity index is 2.21. The van der Waals surface area contributed by atoms with Gasteiger partial charge in [0.2, 0.25) is 0 Å². The number of allylic oxidation sites excluding steroid dienone is 2. The second-order valence-electron chi connectivity index (χ2n) is 4.48. The van der Waals surface area contributed by atoms with Gasteiger partial charge in [-0.25, -0.2) is 0 Å². The van der Waals surface area contributed by atoms with Crippen LogP contribution in [0.5, 0.6) is 0 Å². The molecule has 66 valence electrons. The van der Waals surface area contributed by atoms with E-state index in [4.69, 9.17) is 0 Å². The van der Waals surface area contributed by atoms with Crippen LogP contribution in [0, 0.1) is 17.3 Å². The van der Waals surface area contributed by atoms with Crippen LogP contribution in [0.15, 0.2) is 24.8 Å². The number of hydrogen-bond acceptors (Lipinski definition) is 0. The summed E-state index contributed by atoms with van der Waals surface area (Å²) in [4.78, 5) is 0. The first-order valence-electron chi connectivity index (χ1n) is 5.02. The molecular weight excluding hydrogens is 144 g/mol. The smallest absolute Gasteiger partial charge is 0.000363 e. The third-order valence-corrected chi connectivity index (χ3v) is 4.00. The van der Waals surface area contributed by atoms with Crippen molar-refractivity contribution in [1.29, 1.82) is 0 Å². The molecule has 3 unspecified atom stereocenters. The SMILES string of the molecule is C=CC1CC12C(=C)CCCC2C. The largest absolute Gasteiger partial charge is 0.103 e. The maximum atomic E-state index is 4.23. The number of hydrogen-bond donors (Lipinski definition) is 0. The van der Waals surface area contributed by atoms with Crippen molar-refractivity contribution in [3.05, 3.63) is 24.8 Å². The Bertz CT molecular complexity index is 226. The highest BCUT2D eigenvalue weighted by atomic mass is 14.6. The van der Waals surface area contributed by atoms with Crippen LogP contribution < -0.4 is 0 Å². The molecule has 2 saturated carbocycles. The van der Waals surface area contributed by atoms with Crippen molar-refractivity contribution in [1.82, 2.24) is 0 Å². The molecule has 0 amide bonds. The van der Waals surface area contributed by atoms with Crippen molar-refractivity contribution in [2.24, 2.45) is 17.3 Å². The van der Waals surface area contributed by atoms with Crippen LogP contribution in [0.25, 0.3) is 0 Å². The van der Waals surface area contributed by atoms with Gasteiger partial charge in [0, 0.05) is 5.41 Å². The quantitative estimate of drug-likeness (QED) is 0.517. The van der Waals surface area contributed by atoms with E-state index >= 15 is 0 Å². The van der Waals surface area contributed by atoms with Crippen LogP contribution in [0.3, 0.4) is 0 Å². The summed E-state index contributed by atoms with van der Waals surface area (Å²) < 4.78 is 0. The van der Waals surface area contributed by atoms with Gasteiger partial charge in [-0.3, -0.25) is 0 Å². The molecule has 0 heterocycles. The van der Waals surface area contributed by atoms with Crippen LogP contribution in [0.2, 0.25) is 0 Å². The molecule has 0 nitrogen and oxygen atoms in total.